The molecule has 1 aromatic carbocycles. The number of ether oxygens (including phenoxy) is 2. The number of nitriles is 3. The van der Waals surface area contributed by atoms with Crippen LogP contribution in [0.15, 0.2) is 24.3 Å². The van der Waals surface area contributed by atoms with E-state index in [-0.39, 0.29) is 17.7 Å². The van der Waals surface area contributed by atoms with Gasteiger partial charge < -0.3 is 9.47 Å². The molecule has 1 N–H and O–H groups in total. The van der Waals surface area contributed by atoms with Gasteiger partial charge in [-0.25, -0.2) is 0 Å². The zero-order valence-electron chi connectivity index (χ0n) is 14.6. The summed E-state index contributed by atoms with van der Waals surface area (Å²) >= 11 is 0. The van der Waals surface area contributed by atoms with Crippen LogP contribution in [0.5, 0.6) is 0 Å². The van der Waals surface area contributed by atoms with Crippen molar-refractivity contribution >= 4 is 11.6 Å². The van der Waals surface area contributed by atoms with E-state index in [1.54, 1.807) is 13.8 Å². The number of rotatable bonds is 3. The number of fused-ring (bicyclic) bond motifs is 2. The SMILES string of the molecule is CC[C@]12OC(=N)[C@](C#N)([C@H]1C)C(C#N)(C#N)[C@H](c1cccc([N+](=O)[O-])c1)O2. The highest BCUT2D eigenvalue weighted by atomic mass is 16.7. The van der Waals surface area contributed by atoms with Crippen LogP contribution in [0.4, 0.5) is 5.69 Å². The van der Waals surface area contributed by atoms with Crippen molar-refractivity contribution in [1.82, 2.24) is 0 Å². The van der Waals surface area contributed by atoms with E-state index in [1.165, 1.54) is 24.3 Å². The van der Waals surface area contributed by atoms with E-state index in [1.807, 2.05) is 18.2 Å². The Labute approximate surface area is 155 Å². The highest BCUT2D eigenvalue weighted by molar-refractivity contribution is 5.89. The molecule has 136 valence electrons. The summed E-state index contributed by atoms with van der Waals surface area (Å²) in [5, 5.41) is 49.3. The topological polar surface area (TPSA) is 157 Å². The maximum atomic E-state index is 11.1. The molecular formula is C18H15N5O4. The molecule has 2 heterocycles. The molecule has 2 bridgehead atoms. The van der Waals surface area contributed by atoms with E-state index in [2.05, 4.69) is 0 Å². The van der Waals surface area contributed by atoms with E-state index >= 15 is 0 Å². The van der Waals surface area contributed by atoms with Crippen LogP contribution >= 0.6 is 0 Å². The van der Waals surface area contributed by atoms with Crippen molar-refractivity contribution in [1.29, 1.82) is 21.2 Å². The van der Waals surface area contributed by atoms with Gasteiger partial charge in [0.15, 0.2) is 5.41 Å². The molecule has 2 aliphatic heterocycles. The summed E-state index contributed by atoms with van der Waals surface area (Å²) in [5.41, 5.74) is -4.00. The Morgan fingerprint density at radius 1 is 1.30 bits per heavy atom. The smallest absolute Gasteiger partial charge is 0.269 e. The minimum absolute atomic E-state index is 0.204. The van der Waals surface area contributed by atoms with E-state index < -0.39 is 39.5 Å². The fourth-order valence-electron chi connectivity index (χ4n) is 4.15. The zero-order chi connectivity index (χ0) is 20.0. The molecule has 0 spiro atoms. The van der Waals surface area contributed by atoms with Gasteiger partial charge in [0, 0.05) is 18.6 Å². The molecule has 9 heteroatoms. The van der Waals surface area contributed by atoms with Crippen molar-refractivity contribution in [3.8, 4) is 18.2 Å². The average molecular weight is 365 g/mol. The molecular weight excluding hydrogens is 350 g/mol. The highest BCUT2D eigenvalue weighted by Gasteiger charge is 2.78. The van der Waals surface area contributed by atoms with E-state index in [0.717, 1.165) is 0 Å². The standard InChI is InChI=1S/C18H15N5O4/c1-3-18-11(2)17(10-21,15(22)27-18)16(8-19,9-20)14(26-18)12-5-4-6-13(7-12)23(24)25/h4-7,11,14,22H,3H2,1-2H3/t11-,14+,17+,18+/m1/s1. The van der Waals surface area contributed by atoms with Crippen LogP contribution in [-0.2, 0) is 9.47 Å². The largest absolute Gasteiger partial charge is 0.447 e. The first kappa shape index (κ1) is 18.3. The second-order valence-electron chi connectivity index (χ2n) is 6.62. The summed E-state index contributed by atoms with van der Waals surface area (Å²) in [6, 6.07) is 11.2. The van der Waals surface area contributed by atoms with Gasteiger partial charge in [0.25, 0.3) is 5.69 Å². The summed E-state index contributed by atoms with van der Waals surface area (Å²) in [6.45, 7) is 3.36. The third-order valence-corrected chi connectivity index (χ3v) is 5.68. The lowest BCUT2D eigenvalue weighted by molar-refractivity contribution is -0.385. The van der Waals surface area contributed by atoms with E-state index in [4.69, 9.17) is 14.9 Å². The van der Waals surface area contributed by atoms with Gasteiger partial charge in [-0.2, -0.15) is 15.8 Å². The summed E-state index contributed by atoms with van der Waals surface area (Å²) in [4.78, 5) is 10.5. The monoisotopic (exact) mass is 365 g/mol. The van der Waals surface area contributed by atoms with Gasteiger partial charge >= 0.3 is 0 Å². The summed E-state index contributed by atoms with van der Waals surface area (Å²) in [6.07, 6.45) is -1.04. The lowest BCUT2D eigenvalue weighted by atomic mass is 9.53. The van der Waals surface area contributed by atoms with Crippen LogP contribution in [0.3, 0.4) is 0 Å². The van der Waals surface area contributed by atoms with Gasteiger partial charge in [0.2, 0.25) is 17.1 Å². The number of benzene rings is 1. The normalized spacial score (nSPS) is 33.2. The zero-order valence-corrected chi connectivity index (χ0v) is 14.6. The molecule has 9 nitrogen and oxygen atoms in total. The van der Waals surface area contributed by atoms with Crippen LogP contribution in [0.25, 0.3) is 0 Å². The van der Waals surface area contributed by atoms with Crippen LogP contribution in [0.1, 0.15) is 31.9 Å². The van der Waals surface area contributed by atoms with Crippen LogP contribution < -0.4 is 0 Å². The van der Waals surface area contributed by atoms with Crippen molar-refractivity contribution in [3.05, 3.63) is 39.9 Å². The van der Waals surface area contributed by atoms with Gasteiger partial charge in [-0.3, -0.25) is 15.5 Å². The van der Waals surface area contributed by atoms with Crippen molar-refractivity contribution < 1.29 is 14.4 Å². The number of nitrogens with zero attached hydrogens (tertiary/aromatic N) is 4. The van der Waals surface area contributed by atoms with Gasteiger partial charge in [-0.15, -0.1) is 0 Å². The van der Waals surface area contributed by atoms with Gasteiger partial charge in [0.05, 0.1) is 29.0 Å². The molecule has 0 aliphatic carbocycles. The van der Waals surface area contributed by atoms with E-state index in [9.17, 15) is 25.9 Å². The highest BCUT2D eigenvalue weighted by Crippen LogP contribution is 2.67. The molecule has 0 amide bonds. The molecule has 0 radical (unpaired) electrons. The fourth-order valence-corrected chi connectivity index (χ4v) is 4.15. The minimum atomic E-state index is -2.11. The Morgan fingerprint density at radius 2 is 1.96 bits per heavy atom. The van der Waals surface area contributed by atoms with Crippen LogP contribution in [0.2, 0.25) is 0 Å². The molecule has 3 rings (SSSR count). The first-order valence-electron chi connectivity index (χ1n) is 8.22. The number of hydrogen-bond donors (Lipinski definition) is 1. The van der Waals surface area contributed by atoms with Gasteiger partial charge in [-0.1, -0.05) is 26.0 Å². The second kappa shape index (κ2) is 5.77. The first-order chi connectivity index (χ1) is 12.8. The third-order valence-electron chi connectivity index (χ3n) is 5.68. The molecule has 0 unspecified atom stereocenters. The van der Waals surface area contributed by atoms with Crippen LogP contribution in [-0.4, -0.2) is 16.6 Å². The maximum absolute atomic E-state index is 11.1. The minimum Gasteiger partial charge on any atom is -0.447 e. The van der Waals surface area contributed by atoms with E-state index in [0.29, 0.717) is 0 Å². The Kier molecular flexibility index (Phi) is 3.91. The Bertz CT molecular complexity index is 957. The summed E-state index contributed by atoms with van der Waals surface area (Å²) in [5.74, 6) is -2.63. The summed E-state index contributed by atoms with van der Waals surface area (Å²) < 4.78 is 11.7. The molecule has 0 aromatic heterocycles. The molecule has 27 heavy (non-hydrogen) atoms. The Balaban J connectivity index is 2.33. The van der Waals surface area contributed by atoms with Crippen molar-refractivity contribution in [3.63, 3.8) is 0 Å². The van der Waals surface area contributed by atoms with Gasteiger partial charge in [-0.05, 0) is 5.56 Å². The molecule has 0 saturated carbocycles. The maximum Gasteiger partial charge on any atom is 0.269 e. The first-order valence-corrected chi connectivity index (χ1v) is 8.22. The average Bonchev–Trinajstić information content (AvgIpc) is 2.84. The molecule has 2 saturated heterocycles. The Morgan fingerprint density at radius 3 is 2.48 bits per heavy atom. The molecule has 4 atom stereocenters. The number of non-ortho nitro benzene ring substituents is 1. The second-order valence-corrected chi connectivity index (χ2v) is 6.62. The predicted octanol–water partition coefficient (Wildman–Crippen LogP) is 2.96. The van der Waals surface area contributed by atoms with Crippen molar-refractivity contribution in [2.75, 3.05) is 0 Å². The fraction of sp³-hybridized carbons (Fsp3) is 0.444. The van der Waals surface area contributed by atoms with Crippen molar-refractivity contribution in [2.24, 2.45) is 16.7 Å². The third kappa shape index (κ3) is 1.96. The van der Waals surface area contributed by atoms with Crippen LogP contribution in [0, 0.1) is 66.3 Å². The molecule has 1 aromatic rings. The van der Waals surface area contributed by atoms with Crippen molar-refractivity contribution in [2.45, 2.75) is 32.2 Å². The molecule has 2 fully saturated rings. The lowest BCUT2D eigenvalue weighted by Crippen LogP contribution is -2.58. The predicted molar refractivity (Wildman–Crippen MR) is 89.6 cm³/mol. The number of hydrogen-bond acceptors (Lipinski definition) is 8. The number of nitro groups is 1. The summed E-state index contributed by atoms with van der Waals surface area (Å²) in [7, 11) is 0. The Hall–Kier alpha value is -3.48. The molecule has 2 aliphatic rings. The number of nitrogens with one attached hydrogen (secondary N) is 1. The quantitative estimate of drug-likeness (QED) is 0.637. The van der Waals surface area contributed by atoms with Gasteiger partial charge in [0.1, 0.15) is 6.10 Å². The number of nitro benzene ring substituents is 1. The lowest BCUT2D eigenvalue weighted by Gasteiger charge is -2.48.